The van der Waals surface area contributed by atoms with Crippen LogP contribution < -0.4 is 9.47 Å². The fourth-order valence-electron chi connectivity index (χ4n) is 4.37. The molecule has 2 unspecified atom stereocenters. The summed E-state index contributed by atoms with van der Waals surface area (Å²) in [6.45, 7) is 12.4. The van der Waals surface area contributed by atoms with E-state index in [-0.39, 0.29) is 37.4 Å². The molecule has 6 nitrogen and oxygen atoms in total. The number of benzene rings is 3. The lowest BCUT2D eigenvalue weighted by molar-refractivity contribution is -0.150. The first kappa shape index (κ1) is 29.3. The van der Waals surface area contributed by atoms with Crippen LogP contribution in [0.4, 0.5) is 0 Å². The van der Waals surface area contributed by atoms with Crippen molar-refractivity contribution >= 4 is 33.5 Å². The highest BCUT2D eigenvalue weighted by molar-refractivity contribution is 6.11. The predicted molar refractivity (Wildman–Crippen MR) is 152 cm³/mol. The number of aryl methyl sites for hydroxylation is 2. The molecule has 0 spiro atoms. The number of carbonyl (C=O) groups excluding carboxylic acids is 2. The summed E-state index contributed by atoms with van der Waals surface area (Å²) in [7, 11) is 0. The average molecular weight is 523 g/mol. The summed E-state index contributed by atoms with van der Waals surface area (Å²) in [6.07, 6.45) is 3.62. The SMILES string of the molecule is CCCCC(=O)OC(C)COc1c2ccc(C)cc2c(OCC(C)OC(=O)CCCC)c2ccc(C)cc12. The molecule has 0 amide bonds. The number of unbranched alkanes of at least 4 members (excludes halogenated alkanes) is 2. The Hall–Kier alpha value is -3.28. The Morgan fingerprint density at radius 3 is 1.42 bits per heavy atom. The molecule has 3 aromatic carbocycles. The van der Waals surface area contributed by atoms with Crippen LogP contribution in [0.25, 0.3) is 21.5 Å². The minimum Gasteiger partial charge on any atom is -0.488 e. The lowest BCUT2D eigenvalue weighted by atomic mass is 9.97. The van der Waals surface area contributed by atoms with E-state index in [1.165, 1.54) is 0 Å². The van der Waals surface area contributed by atoms with E-state index in [0.29, 0.717) is 12.8 Å². The number of rotatable bonds is 14. The van der Waals surface area contributed by atoms with Crippen molar-refractivity contribution in [3.8, 4) is 11.5 Å². The summed E-state index contributed by atoms with van der Waals surface area (Å²) in [5.41, 5.74) is 2.19. The molecule has 0 radical (unpaired) electrons. The van der Waals surface area contributed by atoms with Gasteiger partial charge in [0.2, 0.25) is 0 Å². The van der Waals surface area contributed by atoms with Gasteiger partial charge < -0.3 is 18.9 Å². The highest BCUT2D eigenvalue weighted by Gasteiger charge is 2.20. The lowest BCUT2D eigenvalue weighted by Gasteiger charge is -2.21. The standard InChI is InChI=1S/C32H42O6/c1-7-9-11-29(33)37-23(5)19-35-31-25-15-13-22(4)18-28(25)32(26-16-14-21(3)17-27(26)31)36-20-24(6)38-30(34)12-10-8-2/h13-18,23-24H,7-12,19-20H2,1-6H3. The van der Waals surface area contributed by atoms with Crippen LogP contribution in [0.5, 0.6) is 11.5 Å². The first-order chi connectivity index (χ1) is 18.2. The zero-order valence-corrected chi connectivity index (χ0v) is 23.7. The van der Waals surface area contributed by atoms with Crippen molar-refractivity contribution in [2.75, 3.05) is 13.2 Å². The van der Waals surface area contributed by atoms with E-state index in [4.69, 9.17) is 18.9 Å². The van der Waals surface area contributed by atoms with Crippen molar-refractivity contribution < 1.29 is 28.5 Å². The highest BCUT2D eigenvalue weighted by atomic mass is 16.6. The third-order valence-electron chi connectivity index (χ3n) is 6.39. The number of esters is 2. The molecule has 0 N–H and O–H groups in total. The molecule has 3 aromatic rings. The van der Waals surface area contributed by atoms with Crippen LogP contribution in [0.2, 0.25) is 0 Å². The molecular weight excluding hydrogens is 480 g/mol. The third-order valence-corrected chi connectivity index (χ3v) is 6.39. The Kier molecular flexibility index (Phi) is 10.8. The van der Waals surface area contributed by atoms with Gasteiger partial charge in [-0.05, 0) is 52.7 Å². The summed E-state index contributed by atoms with van der Waals surface area (Å²) in [4.78, 5) is 24.2. The van der Waals surface area contributed by atoms with Gasteiger partial charge in [-0.15, -0.1) is 0 Å². The lowest BCUT2D eigenvalue weighted by Crippen LogP contribution is -2.22. The molecule has 206 valence electrons. The molecule has 6 heteroatoms. The Morgan fingerprint density at radius 2 is 1.05 bits per heavy atom. The summed E-state index contributed by atoms with van der Waals surface area (Å²) in [5, 5.41) is 3.68. The van der Waals surface area contributed by atoms with Crippen LogP contribution in [0.3, 0.4) is 0 Å². The van der Waals surface area contributed by atoms with Gasteiger partial charge in [0.15, 0.2) is 0 Å². The molecule has 0 bridgehead atoms. The van der Waals surface area contributed by atoms with E-state index in [9.17, 15) is 9.59 Å². The maximum atomic E-state index is 12.1. The van der Waals surface area contributed by atoms with E-state index >= 15 is 0 Å². The quantitative estimate of drug-likeness (QED) is 0.160. The Bertz CT molecular complexity index is 1150. The van der Waals surface area contributed by atoms with Gasteiger partial charge in [0.05, 0.1) is 0 Å². The van der Waals surface area contributed by atoms with Gasteiger partial charge in [-0.2, -0.15) is 0 Å². The van der Waals surface area contributed by atoms with Crippen LogP contribution in [0, 0.1) is 13.8 Å². The average Bonchev–Trinajstić information content (AvgIpc) is 2.88. The Labute approximate surface area is 226 Å². The molecule has 0 heterocycles. The van der Waals surface area contributed by atoms with Gasteiger partial charge in [0, 0.05) is 34.4 Å². The maximum absolute atomic E-state index is 12.1. The fraction of sp³-hybridized carbons (Fsp3) is 0.500. The fourth-order valence-corrected chi connectivity index (χ4v) is 4.37. The van der Waals surface area contributed by atoms with Gasteiger partial charge in [-0.3, -0.25) is 9.59 Å². The predicted octanol–water partition coefficient (Wildman–Crippen LogP) is 7.61. The summed E-state index contributed by atoms with van der Waals surface area (Å²) < 4.78 is 23.8. The minimum absolute atomic E-state index is 0.197. The van der Waals surface area contributed by atoms with E-state index < -0.39 is 0 Å². The summed E-state index contributed by atoms with van der Waals surface area (Å²) in [5.74, 6) is 1.08. The van der Waals surface area contributed by atoms with Crippen molar-refractivity contribution in [3.05, 3.63) is 47.5 Å². The molecule has 0 aliphatic rings. The number of fused-ring (bicyclic) bond motifs is 2. The van der Waals surface area contributed by atoms with E-state index in [1.807, 2.05) is 65.8 Å². The van der Waals surface area contributed by atoms with Gasteiger partial charge in [-0.25, -0.2) is 0 Å². The minimum atomic E-state index is -0.376. The third kappa shape index (κ3) is 7.86. The molecule has 0 saturated heterocycles. The first-order valence-electron chi connectivity index (χ1n) is 13.8. The zero-order valence-electron chi connectivity index (χ0n) is 23.7. The second kappa shape index (κ2) is 14.0. The van der Waals surface area contributed by atoms with Crippen molar-refractivity contribution in [2.24, 2.45) is 0 Å². The van der Waals surface area contributed by atoms with E-state index in [0.717, 1.165) is 69.9 Å². The van der Waals surface area contributed by atoms with Crippen molar-refractivity contribution in [3.63, 3.8) is 0 Å². The monoisotopic (exact) mass is 522 g/mol. The van der Waals surface area contributed by atoms with Crippen LogP contribution in [0.15, 0.2) is 36.4 Å². The molecule has 0 aliphatic carbocycles. The van der Waals surface area contributed by atoms with Crippen molar-refractivity contribution in [1.82, 2.24) is 0 Å². The normalized spacial score (nSPS) is 12.8. The zero-order chi connectivity index (χ0) is 27.7. The molecule has 0 fully saturated rings. The maximum Gasteiger partial charge on any atom is 0.306 e. The van der Waals surface area contributed by atoms with E-state index in [2.05, 4.69) is 12.1 Å². The summed E-state index contributed by atoms with van der Waals surface area (Å²) in [6, 6.07) is 12.4. The van der Waals surface area contributed by atoms with Gasteiger partial charge >= 0.3 is 11.9 Å². The Morgan fingerprint density at radius 1 is 0.658 bits per heavy atom. The number of carbonyl (C=O) groups is 2. The molecule has 0 saturated carbocycles. The first-order valence-corrected chi connectivity index (χ1v) is 13.8. The molecule has 0 aliphatic heterocycles. The molecule has 2 atom stereocenters. The summed E-state index contributed by atoms with van der Waals surface area (Å²) >= 11 is 0. The molecular formula is C32H42O6. The van der Waals surface area contributed by atoms with Gasteiger partial charge in [0.25, 0.3) is 0 Å². The number of ether oxygens (including phenoxy) is 4. The smallest absolute Gasteiger partial charge is 0.306 e. The van der Waals surface area contributed by atoms with Crippen molar-refractivity contribution in [1.29, 1.82) is 0 Å². The molecule has 3 rings (SSSR count). The largest absolute Gasteiger partial charge is 0.488 e. The Balaban J connectivity index is 1.92. The van der Waals surface area contributed by atoms with Crippen LogP contribution in [-0.2, 0) is 19.1 Å². The van der Waals surface area contributed by atoms with Gasteiger partial charge in [0.1, 0.15) is 36.9 Å². The van der Waals surface area contributed by atoms with E-state index in [1.54, 1.807) is 0 Å². The number of hydrogen-bond acceptors (Lipinski definition) is 6. The van der Waals surface area contributed by atoms with Crippen LogP contribution >= 0.6 is 0 Å². The second-order valence-electron chi connectivity index (χ2n) is 10.2. The molecule has 38 heavy (non-hydrogen) atoms. The van der Waals surface area contributed by atoms with Crippen LogP contribution in [-0.4, -0.2) is 37.4 Å². The van der Waals surface area contributed by atoms with Crippen LogP contribution in [0.1, 0.15) is 77.3 Å². The second-order valence-corrected chi connectivity index (χ2v) is 10.2. The van der Waals surface area contributed by atoms with Gasteiger partial charge in [-0.1, -0.05) is 62.1 Å². The molecule has 0 aromatic heterocycles. The topological polar surface area (TPSA) is 71.1 Å². The number of hydrogen-bond donors (Lipinski definition) is 0. The van der Waals surface area contributed by atoms with Crippen molar-refractivity contribution in [2.45, 2.75) is 92.3 Å². The highest BCUT2D eigenvalue weighted by Crippen LogP contribution is 2.43.